The summed E-state index contributed by atoms with van der Waals surface area (Å²) in [4.78, 5) is 44.1. The summed E-state index contributed by atoms with van der Waals surface area (Å²) in [6.45, 7) is 5.78. The number of aryl methyl sites for hydroxylation is 1. The number of aromatic amines is 1. The molecule has 2 aromatic carbocycles. The van der Waals surface area contributed by atoms with E-state index in [1.165, 1.54) is 12.0 Å². The molecule has 4 N–H and O–H groups in total. The monoisotopic (exact) mass is 724 g/mol. The van der Waals surface area contributed by atoms with E-state index in [0.717, 1.165) is 41.2 Å². The van der Waals surface area contributed by atoms with Gasteiger partial charge < -0.3 is 29.9 Å². The number of ketones is 1. The molecular formula is C38H50N3O7S2+. The fourth-order valence-electron chi connectivity index (χ4n) is 5.71. The van der Waals surface area contributed by atoms with Crippen LogP contribution in [0, 0.1) is 5.41 Å². The number of ether oxygens (including phenoxy) is 2. The number of carbonyl (C=O) groups excluding carboxylic acids is 3. The molecule has 1 fully saturated rings. The normalized spacial score (nSPS) is 16.0. The number of nitrogens with zero attached hydrogens (tertiary/aromatic N) is 1. The first-order chi connectivity index (χ1) is 24.0. The van der Waals surface area contributed by atoms with Crippen LogP contribution in [0.4, 0.5) is 5.69 Å². The molecule has 0 spiro atoms. The van der Waals surface area contributed by atoms with E-state index in [1.54, 1.807) is 47.6 Å². The number of hydrogen-bond donors (Lipinski definition) is 3. The van der Waals surface area contributed by atoms with E-state index in [2.05, 4.69) is 10.3 Å². The predicted molar refractivity (Wildman–Crippen MR) is 197 cm³/mol. The second-order valence-corrected chi connectivity index (χ2v) is 15.6. The van der Waals surface area contributed by atoms with Gasteiger partial charge in [-0.25, -0.2) is 4.98 Å². The number of methoxy groups -OCH3 is 1. The van der Waals surface area contributed by atoms with E-state index in [0.29, 0.717) is 50.1 Å². The molecule has 12 heteroatoms. The van der Waals surface area contributed by atoms with Crippen LogP contribution in [-0.4, -0.2) is 64.4 Å². The van der Waals surface area contributed by atoms with E-state index < -0.39 is 35.5 Å². The van der Waals surface area contributed by atoms with Crippen molar-refractivity contribution in [3.8, 4) is 11.5 Å². The van der Waals surface area contributed by atoms with Crippen LogP contribution in [0.15, 0.2) is 71.9 Å². The van der Waals surface area contributed by atoms with Gasteiger partial charge in [-0.05, 0) is 86.4 Å². The van der Waals surface area contributed by atoms with Gasteiger partial charge in [0.25, 0.3) is 5.91 Å². The van der Waals surface area contributed by atoms with Crippen LogP contribution in [0.1, 0.15) is 82.9 Å². The molecule has 1 saturated heterocycles. The number of amides is 2. The average molecular weight is 725 g/mol. The maximum atomic E-state index is 13.4. The molecule has 3 aromatic rings. The Kier molecular flexibility index (Phi) is 15.0. The average Bonchev–Trinajstić information content (AvgIpc) is 3.13. The Hall–Kier alpha value is -3.58. The molecule has 4 rings (SSSR count). The summed E-state index contributed by atoms with van der Waals surface area (Å²) < 4.78 is 11.6. The predicted octanol–water partition coefficient (Wildman–Crippen LogP) is 6.77. The van der Waals surface area contributed by atoms with Crippen molar-refractivity contribution in [1.82, 2.24) is 4.90 Å². The topological polar surface area (TPSA) is 140 Å². The maximum absolute atomic E-state index is 13.4. The fourth-order valence-corrected chi connectivity index (χ4v) is 7.73. The van der Waals surface area contributed by atoms with E-state index in [9.17, 15) is 24.6 Å². The molecule has 3 atom stereocenters. The van der Waals surface area contributed by atoms with Crippen molar-refractivity contribution in [2.45, 2.75) is 95.6 Å². The molecule has 270 valence electrons. The zero-order valence-electron chi connectivity index (χ0n) is 29.4. The van der Waals surface area contributed by atoms with Gasteiger partial charge in [0.2, 0.25) is 16.7 Å². The molecule has 1 aliphatic heterocycles. The Bertz CT molecular complexity index is 1570. The molecule has 0 aliphatic carbocycles. The Balaban J connectivity index is 1.46. The van der Waals surface area contributed by atoms with Crippen molar-refractivity contribution in [3.63, 3.8) is 0 Å². The lowest BCUT2D eigenvalue weighted by Gasteiger charge is -2.40. The van der Waals surface area contributed by atoms with Crippen molar-refractivity contribution in [1.29, 1.82) is 0 Å². The van der Waals surface area contributed by atoms with Crippen LogP contribution in [0.3, 0.4) is 0 Å². The summed E-state index contributed by atoms with van der Waals surface area (Å²) in [7, 11) is 4.82. The van der Waals surface area contributed by atoms with E-state index in [1.807, 2.05) is 61.7 Å². The molecule has 2 unspecified atom stereocenters. The lowest BCUT2D eigenvalue weighted by atomic mass is 9.84. The SMILES string of the molecule is CCC(C)(C)C(=O)C(=O)N1CCCC[C@H]1C(O)OC(CCc1ccc(OC)c(O)c1)c1cccc(NC(=O)CCCSSc2cccc[nH+]2)c1. The minimum Gasteiger partial charge on any atom is -0.504 e. The Morgan fingerprint density at radius 3 is 2.64 bits per heavy atom. The Morgan fingerprint density at radius 2 is 1.92 bits per heavy atom. The van der Waals surface area contributed by atoms with Gasteiger partial charge >= 0.3 is 0 Å². The van der Waals surface area contributed by atoms with Crippen LogP contribution < -0.4 is 15.0 Å². The van der Waals surface area contributed by atoms with E-state index >= 15 is 0 Å². The summed E-state index contributed by atoms with van der Waals surface area (Å²) in [5, 5.41) is 25.9. The number of carbonyl (C=O) groups is 3. The number of piperidine rings is 1. The second kappa shape index (κ2) is 19.1. The Labute approximate surface area is 303 Å². The van der Waals surface area contributed by atoms with Crippen LogP contribution in [0.25, 0.3) is 0 Å². The van der Waals surface area contributed by atoms with Crippen LogP contribution in [0.5, 0.6) is 11.5 Å². The lowest BCUT2D eigenvalue weighted by Crippen LogP contribution is -2.54. The quantitative estimate of drug-likeness (QED) is 0.0562. The zero-order valence-corrected chi connectivity index (χ0v) is 31.0. The number of phenols is 1. The summed E-state index contributed by atoms with van der Waals surface area (Å²) in [5.41, 5.74) is 1.39. The highest BCUT2D eigenvalue weighted by Gasteiger charge is 2.40. The molecule has 2 amide bonds. The smallest absolute Gasteiger partial charge is 0.290 e. The number of rotatable bonds is 18. The number of nitrogens with one attached hydrogen (secondary N) is 2. The number of aliphatic hydroxyl groups is 1. The van der Waals surface area contributed by atoms with Gasteiger partial charge in [0.1, 0.15) is 0 Å². The number of pyridine rings is 1. The van der Waals surface area contributed by atoms with Gasteiger partial charge in [0.15, 0.2) is 24.0 Å². The number of aliphatic hydroxyl groups excluding tert-OH is 1. The van der Waals surface area contributed by atoms with Crippen molar-refractivity contribution in [2.75, 3.05) is 24.7 Å². The van der Waals surface area contributed by atoms with Gasteiger partial charge in [-0.2, -0.15) is 0 Å². The third-order valence-corrected chi connectivity index (χ3v) is 11.5. The highest BCUT2D eigenvalue weighted by Crippen LogP contribution is 2.33. The number of aromatic hydroxyl groups is 1. The molecule has 0 radical (unpaired) electrons. The minimum atomic E-state index is -1.35. The standard InChI is InChI=1S/C38H49N3O7S2/c1-5-38(2,3)35(44)36(45)41-22-9-7-14-29(41)37(46)48-31(19-17-26-18-20-32(47-4)30(42)24-26)27-12-10-13-28(25-27)40-33(43)15-11-23-49-50-34-16-6-8-21-39-34/h6,8,10,12-13,16,18,20-21,24-25,29,31,37,42,46H,5,7,9,11,14-15,17,19,22-23H2,1-4H3,(H,40,43)/p+1/t29-,31?,37?/m0/s1. The van der Waals surface area contributed by atoms with Crippen molar-refractivity contribution < 1.29 is 39.1 Å². The molecule has 0 bridgehead atoms. The largest absolute Gasteiger partial charge is 0.504 e. The molecule has 1 aliphatic rings. The number of anilines is 1. The van der Waals surface area contributed by atoms with E-state index in [-0.39, 0.29) is 11.7 Å². The second-order valence-electron chi connectivity index (χ2n) is 13.1. The van der Waals surface area contributed by atoms with Crippen molar-refractivity contribution in [2.24, 2.45) is 5.41 Å². The van der Waals surface area contributed by atoms with Crippen LogP contribution in [0.2, 0.25) is 0 Å². The van der Waals surface area contributed by atoms with Gasteiger partial charge in [-0.15, -0.1) is 0 Å². The van der Waals surface area contributed by atoms with Gasteiger partial charge in [-0.1, -0.05) is 49.8 Å². The van der Waals surface area contributed by atoms with Crippen LogP contribution >= 0.6 is 21.6 Å². The summed E-state index contributed by atoms with van der Waals surface area (Å²) in [6, 6.07) is 17.8. The Morgan fingerprint density at radius 1 is 1.10 bits per heavy atom. The molecule has 50 heavy (non-hydrogen) atoms. The number of likely N-dealkylation sites (tertiary alicyclic amines) is 1. The molecular weight excluding hydrogens is 675 g/mol. The van der Waals surface area contributed by atoms with Gasteiger partial charge in [0, 0.05) is 52.7 Å². The first kappa shape index (κ1) is 39.2. The third-order valence-electron chi connectivity index (χ3n) is 9.08. The number of phenolic OH excluding ortho intramolecular Hbond substituents is 1. The number of hydrogen-bond acceptors (Lipinski definition) is 9. The first-order valence-corrected chi connectivity index (χ1v) is 19.5. The van der Waals surface area contributed by atoms with Gasteiger partial charge in [0.05, 0.1) is 19.3 Å². The zero-order chi connectivity index (χ0) is 36.1. The highest BCUT2D eigenvalue weighted by atomic mass is 33.1. The third kappa shape index (κ3) is 11.2. The molecule has 0 saturated carbocycles. The molecule has 1 aromatic heterocycles. The number of H-pyrrole nitrogens is 1. The number of Topliss-reactive ketones (excluding diaryl/α,β-unsaturated/α-hetero) is 1. The van der Waals surface area contributed by atoms with Crippen LogP contribution in [-0.2, 0) is 25.5 Å². The highest BCUT2D eigenvalue weighted by molar-refractivity contribution is 8.76. The first-order valence-electron chi connectivity index (χ1n) is 17.2. The number of aromatic nitrogens is 1. The van der Waals surface area contributed by atoms with Gasteiger partial charge in [-0.3, -0.25) is 14.4 Å². The summed E-state index contributed by atoms with van der Waals surface area (Å²) >= 11 is 0. The van der Waals surface area contributed by atoms with E-state index in [4.69, 9.17) is 9.47 Å². The fraction of sp³-hybridized carbons (Fsp3) is 0.474. The lowest BCUT2D eigenvalue weighted by molar-refractivity contribution is -0.426. The summed E-state index contributed by atoms with van der Waals surface area (Å²) in [5.74, 6) is 0.0628. The minimum absolute atomic E-state index is 0.0265. The van der Waals surface area contributed by atoms with Crippen molar-refractivity contribution >= 4 is 44.9 Å². The summed E-state index contributed by atoms with van der Waals surface area (Å²) in [6.07, 6.45) is 4.47. The maximum Gasteiger partial charge on any atom is 0.290 e. The van der Waals surface area contributed by atoms with Crippen molar-refractivity contribution in [3.05, 3.63) is 78.0 Å². The number of benzene rings is 2. The molecule has 10 nitrogen and oxygen atoms in total. The molecule has 2 heterocycles.